The molecule has 0 aliphatic heterocycles. The van der Waals surface area contributed by atoms with Crippen LogP contribution in [0.25, 0.3) is 0 Å². The van der Waals surface area contributed by atoms with Crippen molar-refractivity contribution in [2.24, 2.45) is 0 Å². The van der Waals surface area contributed by atoms with Gasteiger partial charge < -0.3 is 15.4 Å². The highest BCUT2D eigenvalue weighted by Crippen LogP contribution is 2.18. The van der Waals surface area contributed by atoms with Gasteiger partial charge in [-0.15, -0.1) is 0 Å². The largest absolute Gasteiger partial charge is 0.494 e. The summed E-state index contributed by atoms with van der Waals surface area (Å²) < 4.78 is 34.0. The van der Waals surface area contributed by atoms with Crippen LogP contribution in [0.4, 0.5) is 11.4 Å². The molecule has 0 spiro atoms. The van der Waals surface area contributed by atoms with Gasteiger partial charge in [0.15, 0.2) is 0 Å². The third-order valence-corrected chi connectivity index (χ3v) is 6.30. The van der Waals surface area contributed by atoms with E-state index in [1.807, 2.05) is 37.3 Å². The Morgan fingerprint density at radius 2 is 1.44 bits per heavy atom. The van der Waals surface area contributed by atoms with Crippen LogP contribution in [0.3, 0.4) is 0 Å². The summed E-state index contributed by atoms with van der Waals surface area (Å²) in [6.45, 7) is 3.71. The van der Waals surface area contributed by atoms with E-state index in [2.05, 4.69) is 15.4 Å². The number of anilines is 2. The number of rotatable bonds is 10. The second-order valence-corrected chi connectivity index (χ2v) is 9.23. The van der Waals surface area contributed by atoms with E-state index in [1.54, 1.807) is 36.4 Å². The van der Waals surface area contributed by atoms with Gasteiger partial charge in [-0.1, -0.05) is 30.3 Å². The average molecular weight is 482 g/mol. The van der Waals surface area contributed by atoms with Crippen molar-refractivity contribution in [3.05, 3.63) is 84.4 Å². The molecule has 0 aliphatic carbocycles. The van der Waals surface area contributed by atoms with Crippen molar-refractivity contribution in [1.29, 1.82) is 0 Å². The second kappa shape index (κ2) is 11.4. The molecule has 0 heterocycles. The zero-order valence-electron chi connectivity index (χ0n) is 18.9. The lowest BCUT2D eigenvalue weighted by molar-refractivity contribution is -0.117. The van der Waals surface area contributed by atoms with Crippen LogP contribution < -0.4 is 20.1 Å². The van der Waals surface area contributed by atoms with Crippen LogP contribution in [0.2, 0.25) is 0 Å². The topological polar surface area (TPSA) is 114 Å². The first-order chi connectivity index (χ1) is 16.3. The fraction of sp³-hybridized carbons (Fsp3) is 0.200. The summed E-state index contributed by atoms with van der Waals surface area (Å²) in [7, 11) is -3.98. The third-order valence-electron chi connectivity index (χ3n) is 4.81. The molecule has 178 valence electrons. The Kier molecular flexibility index (Phi) is 8.39. The standard InChI is InChI=1S/C25H27N3O5S/c1-3-33-22-13-15-23(16-14-22)34(31,32)28-24(17-19-7-5-4-6-8-19)25(30)27-21-11-9-20(10-12-21)26-18(2)29/h4-16,24,28H,3,17H2,1-2H3,(H,26,29)(H,27,30)/t24-/m1/s1. The SMILES string of the molecule is CCOc1ccc(S(=O)(=O)N[C@H](Cc2ccccc2)C(=O)Nc2ccc(NC(C)=O)cc2)cc1. The molecule has 0 fully saturated rings. The maximum atomic E-state index is 13.1. The predicted molar refractivity (Wildman–Crippen MR) is 131 cm³/mol. The van der Waals surface area contributed by atoms with Crippen molar-refractivity contribution >= 4 is 33.2 Å². The molecule has 8 nitrogen and oxygen atoms in total. The normalized spacial score (nSPS) is 11.9. The first kappa shape index (κ1) is 24.9. The van der Waals surface area contributed by atoms with Crippen molar-refractivity contribution in [3.63, 3.8) is 0 Å². The first-order valence-electron chi connectivity index (χ1n) is 10.7. The van der Waals surface area contributed by atoms with Crippen LogP contribution in [0.15, 0.2) is 83.8 Å². The summed E-state index contributed by atoms with van der Waals surface area (Å²) >= 11 is 0. The van der Waals surface area contributed by atoms with Gasteiger partial charge in [-0.25, -0.2) is 8.42 Å². The van der Waals surface area contributed by atoms with Crippen molar-refractivity contribution in [3.8, 4) is 5.75 Å². The number of amides is 2. The number of ether oxygens (including phenoxy) is 1. The van der Waals surface area contributed by atoms with Crippen LogP contribution in [0, 0.1) is 0 Å². The van der Waals surface area contributed by atoms with E-state index in [-0.39, 0.29) is 17.2 Å². The summed E-state index contributed by atoms with van der Waals surface area (Å²) in [5.74, 6) is -0.156. The molecule has 3 aromatic rings. The van der Waals surface area contributed by atoms with E-state index in [4.69, 9.17) is 4.74 Å². The Hall–Kier alpha value is -3.69. The second-order valence-electron chi connectivity index (χ2n) is 7.52. The van der Waals surface area contributed by atoms with Crippen LogP contribution in [0.1, 0.15) is 19.4 Å². The molecule has 0 aromatic heterocycles. The minimum Gasteiger partial charge on any atom is -0.494 e. The predicted octanol–water partition coefficient (Wildman–Crippen LogP) is 3.57. The summed E-state index contributed by atoms with van der Waals surface area (Å²) in [5.41, 5.74) is 1.86. The van der Waals surface area contributed by atoms with E-state index in [0.29, 0.717) is 23.7 Å². The lowest BCUT2D eigenvalue weighted by Crippen LogP contribution is -2.45. The molecule has 0 bridgehead atoms. The van der Waals surface area contributed by atoms with Gasteiger partial charge in [0.25, 0.3) is 0 Å². The van der Waals surface area contributed by atoms with Gasteiger partial charge in [0, 0.05) is 18.3 Å². The molecule has 3 rings (SSSR count). The molecule has 34 heavy (non-hydrogen) atoms. The van der Waals surface area contributed by atoms with Crippen LogP contribution in [-0.2, 0) is 26.0 Å². The fourth-order valence-electron chi connectivity index (χ4n) is 3.24. The quantitative estimate of drug-likeness (QED) is 0.410. The maximum absolute atomic E-state index is 13.1. The number of sulfonamides is 1. The van der Waals surface area contributed by atoms with E-state index in [0.717, 1.165) is 5.56 Å². The summed E-state index contributed by atoms with van der Waals surface area (Å²) in [6, 6.07) is 20.7. The Labute approximate surface area is 199 Å². The van der Waals surface area contributed by atoms with Gasteiger partial charge in [0.2, 0.25) is 21.8 Å². The van der Waals surface area contributed by atoms with Crippen LogP contribution in [-0.4, -0.2) is 32.9 Å². The molecule has 3 aromatic carbocycles. The summed E-state index contributed by atoms with van der Waals surface area (Å²) in [5, 5.41) is 5.39. The molecule has 0 unspecified atom stereocenters. The summed E-state index contributed by atoms with van der Waals surface area (Å²) in [4.78, 5) is 24.3. The monoisotopic (exact) mass is 481 g/mol. The highest BCUT2D eigenvalue weighted by molar-refractivity contribution is 7.89. The number of carbonyl (C=O) groups is 2. The minimum atomic E-state index is -3.98. The molecular formula is C25H27N3O5S. The lowest BCUT2D eigenvalue weighted by Gasteiger charge is -2.19. The van der Waals surface area contributed by atoms with Gasteiger partial charge in [-0.2, -0.15) is 4.72 Å². The van der Waals surface area contributed by atoms with Crippen LogP contribution >= 0.6 is 0 Å². The lowest BCUT2D eigenvalue weighted by atomic mass is 10.1. The van der Waals surface area contributed by atoms with Crippen molar-refractivity contribution in [2.45, 2.75) is 31.2 Å². The molecule has 0 aliphatic rings. The van der Waals surface area contributed by atoms with E-state index < -0.39 is 22.0 Å². The molecular weight excluding hydrogens is 454 g/mol. The smallest absolute Gasteiger partial charge is 0.242 e. The number of hydrogen-bond acceptors (Lipinski definition) is 5. The molecule has 3 N–H and O–H groups in total. The van der Waals surface area contributed by atoms with Crippen LogP contribution in [0.5, 0.6) is 5.75 Å². The zero-order valence-corrected chi connectivity index (χ0v) is 19.8. The minimum absolute atomic E-state index is 0.0291. The Balaban J connectivity index is 1.80. The first-order valence-corrected chi connectivity index (χ1v) is 12.2. The van der Waals surface area contributed by atoms with Gasteiger partial charge in [0.05, 0.1) is 11.5 Å². The van der Waals surface area contributed by atoms with Crippen molar-refractivity contribution in [2.75, 3.05) is 17.2 Å². The Morgan fingerprint density at radius 1 is 0.853 bits per heavy atom. The molecule has 2 amide bonds. The Bertz CT molecular complexity index is 1210. The summed E-state index contributed by atoms with van der Waals surface area (Å²) in [6.07, 6.45) is 0.160. The Morgan fingerprint density at radius 3 is 2.00 bits per heavy atom. The molecule has 0 saturated carbocycles. The van der Waals surface area contributed by atoms with Crippen molar-refractivity contribution in [1.82, 2.24) is 4.72 Å². The zero-order chi connectivity index (χ0) is 24.6. The molecule has 0 saturated heterocycles. The van der Waals surface area contributed by atoms with E-state index in [9.17, 15) is 18.0 Å². The van der Waals surface area contributed by atoms with Gasteiger partial charge in [-0.3, -0.25) is 9.59 Å². The molecule has 9 heteroatoms. The fourth-order valence-corrected chi connectivity index (χ4v) is 4.44. The number of carbonyl (C=O) groups excluding carboxylic acids is 2. The van der Waals surface area contributed by atoms with Gasteiger partial charge in [-0.05, 0) is 67.4 Å². The molecule has 0 radical (unpaired) electrons. The highest BCUT2D eigenvalue weighted by atomic mass is 32.2. The number of nitrogens with one attached hydrogen (secondary N) is 3. The maximum Gasteiger partial charge on any atom is 0.242 e. The third kappa shape index (κ3) is 7.16. The van der Waals surface area contributed by atoms with E-state index >= 15 is 0 Å². The average Bonchev–Trinajstić information content (AvgIpc) is 2.81. The highest BCUT2D eigenvalue weighted by Gasteiger charge is 2.26. The van der Waals surface area contributed by atoms with E-state index in [1.165, 1.54) is 19.1 Å². The van der Waals surface area contributed by atoms with Gasteiger partial charge >= 0.3 is 0 Å². The number of benzene rings is 3. The van der Waals surface area contributed by atoms with Gasteiger partial charge in [0.1, 0.15) is 11.8 Å². The van der Waals surface area contributed by atoms with Crippen molar-refractivity contribution < 1.29 is 22.7 Å². The number of hydrogen-bond donors (Lipinski definition) is 3. The molecule has 1 atom stereocenters.